The molecule has 1 aliphatic heterocycles. The number of aliphatic hydroxyl groups is 1. The number of pyridine rings is 1. The summed E-state index contributed by atoms with van der Waals surface area (Å²) in [5, 5.41) is 13.0. The van der Waals surface area contributed by atoms with Gasteiger partial charge in [-0.25, -0.2) is 0 Å². The van der Waals surface area contributed by atoms with Crippen molar-refractivity contribution in [1.82, 2.24) is 4.98 Å². The predicted octanol–water partition coefficient (Wildman–Crippen LogP) is 4.93. The smallest absolute Gasteiger partial charge is 0.253 e. The van der Waals surface area contributed by atoms with E-state index in [0.29, 0.717) is 5.69 Å². The van der Waals surface area contributed by atoms with Crippen LogP contribution in [-0.4, -0.2) is 10.1 Å². The number of fused-ring (bicyclic) bond motifs is 2. The molecule has 2 aromatic rings. The molecule has 0 radical (unpaired) electrons. The number of benzene rings is 1. The number of rotatable bonds is 6. The van der Waals surface area contributed by atoms with Crippen molar-refractivity contribution in [1.29, 1.82) is 0 Å². The fourth-order valence-corrected chi connectivity index (χ4v) is 4.06. The number of aliphatic hydroxyl groups excluding tert-OH is 1. The Labute approximate surface area is 146 Å². The zero-order chi connectivity index (χ0) is 17.1. The highest BCUT2D eigenvalue weighted by Gasteiger charge is 2.24. The van der Waals surface area contributed by atoms with Crippen LogP contribution in [0.1, 0.15) is 37.4 Å². The number of hydrogen-bond donors (Lipinski definition) is 3. The van der Waals surface area contributed by atoms with Crippen LogP contribution in [-0.2, 0) is 12.8 Å². The van der Waals surface area contributed by atoms with Crippen molar-refractivity contribution < 1.29 is 5.11 Å². The number of aromatic amines is 1. The molecule has 0 fully saturated rings. The first-order valence-corrected chi connectivity index (χ1v) is 9.10. The fourth-order valence-electron chi connectivity index (χ4n) is 2.94. The molecule has 0 atom stereocenters. The molecule has 0 bridgehead atoms. The molecular formula is C19H22N2O2S. The third-order valence-corrected chi connectivity index (χ3v) is 5.34. The quantitative estimate of drug-likeness (QED) is 0.439. The van der Waals surface area contributed by atoms with E-state index < -0.39 is 0 Å². The molecule has 1 aromatic carbocycles. The molecule has 5 heteroatoms. The van der Waals surface area contributed by atoms with Crippen molar-refractivity contribution >= 4 is 23.1 Å². The minimum Gasteiger partial charge on any atom is -0.513 e. The van der Waals surface area contributed by atoms with E-state index in [4.69, 9.17) is 0 Å². The lowest BCUT2D eigenvalue weighted by molar-refractivity contribution is 0.399. The van der Waals surface area contributed by atoms with E-state index in [1.165, 1.54) is 0 Å². The highest BCUT2D eigenvalue weighted by atomic mass is 32.2. The number of aromatic nitrogens is 1. The van der Waals surface area contributed by atoms with E-state index >= 15 is 0 Å². The molecule has 1 aliphatic rings. The average Bonchev–Trinajstić information content (AvgIpc) is 2.56. The summed E-state index contributed by atoms with van der Waals surface area (Å²) >= 11 is 1.63. The molecule has 0 amide bonds. The molecule has 0 saturated carbocycles. The summed E-state index contributed by atoms with van der Waals surface area (Å²) in [5.74, 6) is 0.0473. The highest BCUT2D eigenvalue weighted by molar-refractivity contribution is 7.99. The molecule has 2 heterocycles. The van der Waals surface area contributed by atoms with Crippen molar-refractivity contribution in [2.75, 3.05) is 5.32 Å². The summed E-state index contributed by atoms with van der Waals surface area (Å²) in [5.41, 5.74) is 3.34. The van der Waals surface area contributed by atoms with Gasteiger partial charge in [0.1, 0.15) is 0 Å². The first-order chi connectivity index (χ1) is 11.6. The SMILES string of the molecule is C=C(O)Cc1[nH]c(=O)c(CCCCC)c2c1Sc1ccccc1N2. The normalized spacial score (nSPS) is 12.2. The van der Waals surface area contributed by atoms with Gasteiger partial charge in [0.2, 0.25) is 0 Å². The van der Waals surface area contributed by atoms with Crippen LogP contribution < -0.4 is 10.9 Å². The van der Waals surface area contributed by atoms with Gasteiger partial charge >= 0.3 is 0 Å². The van der Waals surface area contributed by atoms with Crippen molar-refractivity contribution in [3.05, 3.63) is 58.2 Å². The van der Waals surface area contributed by atoms with Crippen molar-refractivity contribution in [3.63, 3.8) is 0 Å². The number of nitrogens with one attached hydrogen (secondary N) is 2. The van der Waals surface area contributed by atoms with Gasteiger partial charge in [0.05, 0.1) is 22.0 Å². The number of allylic oxidation sites excluding steroid dienone is 1. The van der Waals surface area contributed by atoms with Crippen LogP contribution in [0.5, 0.6) is 0 Å². The Morgan fingerprint density at radius 2 is 2.08 bits per heavy atom. The summed E-state index contributed by atoms with van der Waals surface area (Å²) in [7, 11) is 0. The van der Waals surface area contributed by atoms with Crippen LogP contribution in [0.4, 0.5) is 11.4 Å². The molecule has 0 saturated heterocycles. The van der Waals surface area contributed by atoms with Crippen LogP contribution in [0, 0.1) is 0 Å². The van der Waals surface area contributed by atoms with Gasteiger partial charge in [-0.15, -0.1) is 0 Å². The summed E-state index contributed by atoms with van der Waals surface area (Å²) in [6.45, 7) is 5.71. The van der Waals surface area contributed by atoms with Crippen LogP contribution in [0.15, 0.2) is 51.2 Å². The van der Waals surface area contributed by atoms with Crippen molar-refractivity contribution in [2.45, 2.75) is 48.8 Å². The van der Waals surface area contributed by atoms with E-state index in [-0.39, 0.29) is 17.7 Å². The van der Waals surface area contributed by atoms with Crippen molar-refractivity contribution in [3.8, 4) is 0 Å². The van der Waals surface area contributed by atoms with Crippen LogP contribution in [0.3, 0.4) is 0 Å². The summed E-state index contributed by atoms with van der Waals surface area (Å²) in [6, 6.07) is 8.05. The lowest BCUT2D eigenvalue weighted by atomic mass is 10.0. The maximum absolute atomic E-state index is 12.6. The second kappa shape index (κ2) is 7.18. The van der Waals surface area contributed by atoms with Gasteiger partial charge in [-0.05, 0) is 25.0 Å². The second-order valence-electron chi connectivity index (χ2n) is 6.04. The molecule has 0 aliphatic carbocycles. The monoisotopic (exact) mass is 342 g/mol. The van der Waals surface area contributed by atoms with Gasteiger partial charge in [0.25, 0.3) is 5.56 Å². The minimum absolute atomic E-state index is 0.0473. The molecule has 0 unspecified atom stereocenters. The average molecular weight is 342 g/mol. The Morgan fingerprint density at radius 1 is 1.29 bits per heavy atom. The van der Waals surface area contributed by atoms with Gasteiger partial charge in [-0.1, -0.05) is 50.2 Å². The van der Waals surface area contributed by atoms with E-state index in [2.05, 4.69) is 29.9 Å². The zero-order valence-electron chi connectivity index (χ0n) is 13.8. The molecular weight excluding hydrogens is 320 g/mol. The van der Waals surface area contributed by atoms with Crippen LogP contribution in [0.25, 0.3) is 0 Å². The van der Waals surface area contributed by atoms with E-state index in [1.54, 1.807) is 11.8 Å². The second-order valence-corrected chi connectivity index (χ2v) is 7.09. The molecule has 4 nitrogen and oxygen atoms in total. The Morgan fingerprint density at radius 3 is 2.83 bits per heavy atom. The van der Waals surface area contributed by atoms with E-state index in [0.717, 1.165) is 52.4 Å². The van der Waals surface area contributed by atoms with Crippen LogP contribution >= 0.6 is 11.8 Å². The van der Waals surface area contributed by atoms with Gasteiger partial charge in [0.15, 0.2) is 0 Å². The Bertz CT molecular complexity index is 827. The minimum atomic E-state index is -0.0754. The number of anilines is 2. The molecule has 0 spiro atoms. The standard InChI is InChI=1S/C19H22N2O2S/c1-3-4-5-8-13-17-18(15(11-12(2)22)21-19(13)23)24-16-10-7-6-9-14(16)20-17/h6-7,9-10,20,22H,2-5,8,11H2,1H3,(H,21,23). The molecule has 24 heavy (non-hydrogen) atoms. The first kappa shape index (κ1) is 16.7. The maximum Gasteiger partial charge on any atom is 0.253 e. The third-order valence-electron chi connectivity index (χ3n) is 4.11. The maximum atomic E-state index is 12.6. The van der Waals surface area contributed by atoms with Crippen molar-refractivity contribution in [2.24, 2.45) is 0 Å². The highest BCUT2D eigenvalue weighted by Crippen LogP contribution is 2.46. The molecule has 3 N–H and O–H groups in total. The lowest BCUT2D eigenvalue weighted by Crippen LogP contribution is -2.20. The summed E-state index contributed by atoms with van der Waals surface area (Å²) < 4.78 is 0. The largest absolute Gasteiger partial charge is 0.513 e. The predicted molar refractivity (Wildman–Crippen MR) is 99.6 cm³/mol. The number of para-hydroxylation sites is 1. The molecule has 3 rings (SSSR count). The van der Waals surface area contributed by atoms with E-state index in [1.807, 2.05) is 18.2 Å². The van der Waals surface area contributed by atoms with Gasteiger partial charge < -0.3 is 15.4 Å². The zero-order valence-corrected chi connectivity index (χ0v) is 14.6. The topological polar surface area (TPSA) is 65.1 Å². The van der Waals surface area contributed by atoms with E-state index in [9.17, 15) is 9.90 Å². The fraction of sp³-hybridized carbons (Fsp3) is 0.316. The first-order valence-electron chi connectivity index (χ1n) is 8.28. The lowest BCUT2D eigenvalue weighted by Gasteiger charge is -2.25. The third kappa shape index (κ3) is 3.36. The summed E-state index contributed by atoms with van der Waals surface area (Å²) in [4.78, 5) is 17.6. The Kier molecular flexibility index (Phi) is 5.00. The molecule has 1 aromatic heterocycles. The Balaban J connectivity index is 2.07. The number of hydrogen-bond acceptors (Lipinski definition) is 4. The summed E-state index contributed by atoms with van der Waals surface area (Å²) in [6.07, 6.45) is 4.22. The van der Waals surface area contributed by atoms with Gasteiger partial charge in [-0.3, -0.25) is 4.79 Å². The molecule has 126 valence electrons. The number of unbranched alkanes of at least 4 members (excludes halogenated alkanes) is 2. The van der Waals surface area contributed by atoms with Gasteiger partial charge in [0, 0.05) is 22.6 Å². The Hall–Kier alpha value is -2.14. The van der Waals surface area contributed by atoms with Crippen LogP contribution in [0.2, 0.25) is 0 Å². The number of H-pyrrole nitrogens is 1. The van der Waals surface area contributed by atoms with Gasteiger partial charge in [-0.2, -0.15) is 0 Å².